The van der Waals surface area contributed by atoms with Gasteiger partial charge in [-0.3, -0.25) is 0 Å². The van der Waals surface area contributed by atoms with Gasteiger partial charge >= 0.3 is 5.97 Å². The predicted molar refractivity (Wildman–Crippen MR) is 82.6 cm³/mol. The minimum atomic E-state index is -0.992. The molecule has 0 fully saturated rings. The fraction of sp³-hybridized carbons (Fsp3) is 0.188. The summed E-state index contributed by atoms with van der Waals surface area (Å²) >= 11 is 0. The predicted octanol–water partition coefficient (Wildman–Crippen LogP) is 3.04. The molecule has 5 nitrogen and oxygen atoms in total. The number of aliphatic carboxylic acids is 1. The fourth-order valence-corrected chi connectivity index (χ4v) is 1.89. The fourth-order valence-electron chi connectivity index (χ4n) is 1.89. The highest BCUT2D eigenvalue weighted by atomic mass is 16.4. The molecule has 0 spiro atoms. The molecule has 0 amide bonds. The number of benzene rings is 1. The molecule has 2 aromatic rings. The van der Waals surface area contributed by atoms with E-state index >= 15 is 0 Å². The van der Waals surface area contributed by atoms with Gasteiger partial charge in [0, 0.05) is 36.3 Å². The lowest BCUT2D eigenvalue weighted by Crippen LogP contribution is -2.18. The molecule has 21 heavy (non-hydrogen) atoms. The van der Waals surface area contributed by atoms with Gasteiger partial charge in [-0.15, -0.1) is 0 Å². The lowest BCUT2D eigenvalue weighted by atomic mass is 10.2. The maximum Gasteiger partial charge on any atom is 0.328 e. The van der Waals surface area contributed by atoms with Crippen molar-refractivity contribution in [2.45, 2.75) is 13.8 Å². The number of nitrogens with zero attached hydrogens (tertiary/aromatic N) is 3. The van der Waals surface area contributed by atoms with E-state index in [9.17, 15) is 4.79 Å². The van der Waals surface area contributed by atoms with Crippen molar-refractivity contribution in [2.24, 2.45) is 0 Å². The quantitative estimate of drug-likeness (QED) is 0.854. The van der Waals surface area contributed by atoms with Gasteiger partial charge in [0.25, 0.3) is 0 Å². The first-order valence-corrected chi connectivity index (χ1v) is 6.67. The smallest absolute Gasteiger partial charge is 0.328 e. The first kappa shape index (κ1) is 14.7. The van der Waals surface area contributed by atoms with Crippen molar-refractivity contribution in [3.8, 4) is 0 Å². The molecule has 0 saturated carbocycles. The van der Waals surface area contributed by atoms with Crippen molar-refractivity contribution < 1.29 is 9.90 Å². The van der Waals surface area contributed by atoms with Gasteiger partial charge in [0.1, 0.15) is 0 Å². The highest BCUT2D eigenvalue weighted by Gasteiger charge is 2.09. The van der Waals surface area contributed by atoms with Crippen LogP contribution in [0.3, 0.4) is 0 Å². The number of anilines is 2. The van der Waals surface area contributed by atoms with E-state index in [1.165, 1.54) is 11.6 Å². The Labute approximate surface area is 123 Å². The molecule has 0 radical (unpaired) electrons. The van der Waals surface area contributed by atoms with Crippen molar-refractivity contribution in [3.05, 3.63) is 53.9 Å². The SMILES string of the molecule is CCN(c1ccc(C)cc1)c1ncc(/C=C/C(=O)O)cn1. The van der Waals surface area contributed by atoms with Gasteiger partial charge in [-0.25, -0.2) is 14.8 Å². The van der Waals surface area contributed by atoms with Crippen LogP contribution in [0.5, 0.6) is 0 Å². The summed E-state index contributed by atoms with van der Waals surface area (Å²) in [4.78, 5) is 21.1. The molecule has 1 aromatic heterocycles. The highest BCUT2D eigenvalue weighted by molar-refractivity contribution is 5.85. The number of rotatable bonds is 5. The molecule has 0 bridgehead atoms. The van der Waals surface area contributed by atoms with Crippen LogP contribution in [0.2, 0.25) is 0 Å². The number of aryl methyl sites for hydroxylation is 1. The Hall–Kier alpha value is -2.69. The molecule has 1 aromatic carbocycles. The Morgan fingerprint density at radius 3 is 2.38 bits per heavy atom. The number of carboxylic acids is 1. The zero-order chi connectivity index (χ0) is 15.2. The van der Waals surface area contributed by atoms with Crippen LogP contribution in [0, 0.1) is 6.92 Å². The van der Waals surface area contributed by atoms with Crippen molar-refractivity contribution in [1.82, 2.24) is 9.97 Å². The van der Waals surface area contributed by atoms with E-state index in [1.807, 2.05) is 43.0 Å². The monoisotopic (exact) mass is 283 g/mol. The minimum absolute atomic E-state index is 0.592. The second kappa shape index (κ2) is 6.65. The van der Waals surface area contributed by atoms with Crippen LogP contribution in [0.25, 0.3) is 6.08 Å². The van der Waals surface area contributed by atoms with Crippen LogP contribution in [0.15, 0.2) is 42.7 Å². The van der Waals surface area contributed by atoms with Crippen LogP contribution in [-0.4, -0.2) is 27.6 Å². The molecule has 0 aliphatic heterocycles. The number of carbonyl (C=O) groups is 1. The first-order valence-electron chi connectivity index (χ1n) is 6.67. The summed E-state index contributed by atoms with van der Waals surface area (Å²) in [5.74, 6) is -0.400. The van der Waals surface area contributed by atoms with Crippen molar-refractivity contribution in [1.29, 1.82) is 0 Å². The van der Waals surface area contributed by atoms with Crippen molar-refractivity contribution in [3.63, 3.8) is 0 Å². The molecule has 0 unspecified atom stereocenters. The van der Waals surface area contributed by atoms with Gasteiger partial charge in [0.2, 0.25) is 5.95 Å². The highest BCUT2D eigenvalue weighted by Crippen LogP contribution is 2.21. The standard InChI is InChI=1S/C16H17N3O2/c1-3-19(14-7-4-12(2)5-8-14)16-17-10-13(11-18-16)6-9-15(20)21/h4-11H,3H2,1-2H3,(H,20,21)/b9-6+. The van der Waals surface area contributed by atoms with Gasteiger partial charge in [-0.2, -0.15) is 0 Å². The Kier molecular flexibility index (Phi) is 4.66. The van der Waals surface area contributed by atoms with E-state index in [0.717, 1.165) is 18.3 Å². The van der Waals surface area contributed by atoms with E-state index in [4.69, 9.17) is 5.11 Å². The first-order chi connectivity index (χ1) is 10.1. The summed E-state index contributed by atoms with van der Waals surface area (Å²) in [6.07, 6.45) is 5.75. The summed E-state index contributed by atoms with van der Waals surface area (Å²) in [5, 5.41) is 8.59. The van der Waals surface area contributed by atoms with Gasteiger partial charge < -0.3 is 10.0 Å². The summed E-state index contributed by atoms with van der Waals surface area (Å²) in [7, 11) is 0. The normalized spacial score (nSPS) is 10.8. The Balaban J connectivity index is 2.23. The molecule has 0 saturated heterocycles. The zero-order valence-corrected chi connectivity index (χ0v) is 12.0. The van der Waals surface area contributed by atoms with Crippen LogP contribution in [0.4, 0.5) is 11.6 Å². The Morgan fingerprint density at radius 2 is 1.86 bits per heavy atom. The van der Waals surface area contributed by atoms with Crippen LogP contribution in [-0.2, 0) is 4.79 Å². The zero-order valence-electron chi connectivity index (χ0n) is 12.0. The summed E-state index contributed by atoms with van der Waals surface area (Å²) < 4.78 is 0. The van der Waals surface area contributed by atoms with Crippen LogP contribution >= 0.6 is 0 Å². The largest absolute Gasteiger partial charge is 0.478 e. The molecule has 0 aliphatic rings. The van der Waals surface area contributed by atoms with E-state index < -0.39 is 5.97 Å². The third-order valence-electron chi connectivity index (χ3n) is 2.98. The second-order valence-electron chi connectivity index (χ2n) is 4.57. The van der Waals surface area contributed by atoms with Crippen LogP contribution < -0.4 is 4.90 Å². The Bertz CT molecular complexity index is 634. The molecule has 0 atom stereocenters. The summed E-state index contributed by atoms with van der Waals surface area (Å²) in [6, 6.07) is 8.14. The van der Waals surface area contributed by atoms with E-state index in [-0.39, 0.29) is 0 Å². The topological polar surface area (TPSA) is 66.3 Å². The molecule has 0 aliphatic carbocycles. The second-order valence-corrected chi connectivity index (χ2v) is 4.57. The third kappa shape index (κ3) is 3.89. The van der Waals surface area contributed by atoms with Crippen molar-refractivity contribution in [2.75, 3.05) is 11.4 Å². The minimum Gasteiger partial charge on any atom is -0.478 e. The van der Waals surface area contributed by atoms with E-state index in [2.05, 4.69) is 9.97 Å². The maximum absolute atomic E-state index is 10.5. The van der Waals surface area contributed by atoms with Gasteiger partial charge in [-0.05, 0) is 32.1 Å². The van der Waals surface area contributed by atoms with Crippen LogP contribution in [0.1, 0.15) is 18.1 Å². The summed E-state index contributed by atoms with van der Waals surface area (Å²) in [6.45, 7) is 4.81. The average Bonchev–Trinajstić information content (AvgIpc) is 2.49. The van der Waals surface area contributed by atoms with Gasteiger partial charge in [0.05, 0.1) is 0 Å². The maximum atomic E-state index is 10.5. The average molecular weight is 283 g/mol. The molecular weight excluding hydrogens is 266 g/mol. The molecule has 1 heterocycles. The number of aromatic nitrogens is 2. The third-order valence-corrected chi connectivity index (χ3v) is 2.98. The van der Waals surface area contributed by atoms with Gasteiger partial charge in [0.15, 0.2) is 0 Å². The van der Waals surface area contributed by atoms with Crippen molar-refractivity contribution >= 4 is 23.7 Å². The number of hydrogen-bond donors (Lipinski definition) is 1. The Morgan fingerprint density at radius 1 is 1.24 bits per heavy atom. The molecule has 2 rings (SSSR count). The molecular formula is C16H17N3O2. The molecule has 5 heteroatoms. The molecule has 1 N–H and O–H groups in total. The van der Waals surface area contributed by atoms with E-state index in [1.54, 1.807) is 12.4 Å². The van der Waals surface area contributed by atoms with Gasteiger partial charge in [-0.1, -0.05) is 17.7 Å². The number of carboxylic acid groups (broad SMARTS) is 1. The number of hydrogen-bond acceptors (Lipinski definition) is 4. The lowest BCUT2D eigenvalue weighted by molar-refractivity contribution is -0.131. The lowest BCUT2D eigenvalue weighted by Gasteiger charge is -2.20. The summed E-state index contributed by atoms with van der Waals surface area (Å²) in [5.41, 5.74) is 2.88. The molecule has 108 valence electrons. The van der Waals surface area contributed by atoms with E-state index in [0.29, 0.717) is 11.5 Å².